The number of sulfone groups is 1. The summed E-state index contributed by atoms with van der Waals surface area (Å²) >= 11 is 0. The summed E-state index contributed by atoms with van der Waals surface area (Å²) in [5, 5.41) is -0.0297. The van der Waals surface area contributed by atoms with Crippen LogP contribution in [0.25, 0.3) is 0 Å². The molecule has 1 aromatic carbocycles. The Balaban J connectivity index is 2.24. The number of carbonyl (C=O) groups excluding carboxylic acids is 3. The molecule has 2 amide bonds. The van der Waals surface area contributed by atoms with Crippen molar-refractivity contribution < 1.29 is 36.3 Å². The minimum absolute atomic E-state index is 0.159. The Kier molecular flexibility index (Phi) is 6.47. The van der Waals surface area contributed by atoms with Crippen molar-refractivity contribution >= 4 is 27.4 Å². The molecule has 1 aliphatic rings. The summed E-state index contributed by atoms with van der Waals surface area (Å²) in [7, 11) is -4.51. The van der Waals surface area contributed by atoms with Gasteiger partial charge in [0.15, 0.2) is 15.6 Å². The van der Waals surface area contributed by atoms with E-state index < -0.39 is 51.1 Å². The SMILES string of the molecule is NC(=O)C(C(=O)NC1CCCC1=O)S(=O)(=O)Cc1ccccc1OC(F)F. The average molecular weight is 404 g/mol. The van der Waals surface area contributed by atoms with Crippen molar-refractivity contribution in [3.63, 3.8) is 0 Å². The molecule has 1 saturated carbocycles. The standard InChI is InChI=1S/C16H18F2N2O6S/c17-16(18)26-12-7-2-1-4-9(12)8-27(24,25)13(14(19)22)15(23)20-10-5-3-6-11(10)21/h1-2,4,7,10,13,16H,3,5-6,8H2,(H2,19,22)(H,20,23). The number of rotatable bonds is 8. The summed E-state index contributed by atoms with van der Waals surface area (Å²) in [5.74, 6) is -4.22. The number of carbonyl (C=O) groups is 3. The van der Waals surface area contributed by atoms with Crippen molar-refractivity contribution in [1.82, 2.24) is 5.32 Å². The highest BCUT2D eigenvalue weighted by molar-refractivity contribution is 7.92. The molecule has 0 bridgehead atoms. The zero-order chi connectivity index (χ0) is 20.2. The van der Waals surface area contributed by atoms with Crippen LogP contribution in [0, 0.1) is 0 Å². The number of ether oxygens (including phenoxy) is 1. The highest BCUT2D eigenvalue weighted by Crippen LogP contribution is 2.24. The molecule has 2 unspecified atom stereocenters. The molecule has 11 heteroatoms. The molecular weight excluding hydrogens is 386 g/mol. The Morgan fingerprint density at radius 2 is 1.96 bits per heavy atom. The third kappa shape index (κ3) is 5.22. The van der Waals surface area contributed by atoms with Gasteiger partial charge in [-0.2, -0.15) is 8.78 Å². The monoisotopic (exact) mass is 404 g/mol. The Morgan fingerprint density at radius 1 is 1.30 bits per heavy atom. The number of ketones is 1. The molecular formula is C16H18F2N2O6S. The second-order valence-corrected chi connectivity index (χ2v) is 8.08. The molecule has 0 spiro atoms. The van der Waals surface area contributed by atoms with Crippen molar-refractivity contribution in [2.75, 3.05) is 0 Å². The highest BCUT2D eigenvalue weighted by Gasteiger charge is 2.40. The third-order valence-electron chi connectivity index (χ3n) is 4.02. The second-order valence-electron chi connectivity index (χ2n) is 6.00. The maximum atomic E-state index is 12.6. The smallest absolute Gasteiger partial charge is 0.387 e. The van der Waals surface area contributed by atoms with Crippen LogP contribution in [0.2, 0.25) is 0 Å². The largest absolute Gasteiger partial charge is 0.435 e. The van der Waals surface area contributed by atoms with Crippen LogP contribution in [0.15, 0.2) is 24.3 Å². The molecule has 27 heavy (non-hydrogen) atoms. The van der Waals surface area contributed by atoms with Crippen LogP contribution in [0.1, 0.15) is 24.8 Å². The Bertz CT molecular complexity index is 843. The third-order valence-corrected chi connectivity index (χ3v) is 5.90. The van der Waals surface area contributed by atoms with Gasteiger partial charge < -0.3 is 15.8 Å². The van der Waals surface area contributed by atoms with Crippen molar-refractivity contribution in [3.8, 4) is 5.75 Å². The van der Waals surface area contributed by atoms with E-state index in [4.69, 9.17) is 5.73 Å². The number of para-hydroxylation sites is 1. The molecule has 0 aliphatic heterocycles. The molecule has 0 saturated heterocycles. The fourth-order valence-electron chi connectivity index (χ4n) is 2.82. The van der Waals surface area contributed by atoms with Crippen LogP contribution in [0.5, 0.6) is 5.75 Å². The highest BCUT2D eigenvalue weighted by atomic mass is 32.2. The zero-order valence-electron chi connectivity index (χ0n) is 14.1. The van der Waals surface area contributed by atoms with Crippen LogP contribution in [-0.4, -0.2) is 43.9 Å². The van der Waals surface area contributed by atoms with Gasteiger partial charge in [0, 0.05) is 12.0 Å². The summed E-state index contributed by atoms with van der Waals surface area (Å²) in [6.07, 6.45) is 1.12. The molecule has 0 radical (unpaired) electrons. The van der Waals surface area contributed by atoms with Crippen molar-refractivity contribution in [2.45, 2.75) is 42.9 Å². The first kappa shape index (κ1) is 20.7. The number of amides is 2. The van der Waals surface area contributed by atoms with Gasteiger partial charge >= 0.3 is 6.61 Å². The Hall–Kier alpha value is -2.56. The van der Waals surface area contributed by atoms with Gasteiger partial charge in [0.1, 0.15) is 5.75 Å². The molecule has 8 nitrogen and oxygen atoms in total. The normalized spacial score (nSPS) is 18.3. The molecule has 2 rings (SSSR count). The second kappa shape index (κ2) is 8.42. The van der Waals surface area contributed by atoms with E-state index in [0.29, 0.717) is 12.8 Å². The van der Waals surface area contributed by atoms with E-state index in [0.717, 1.165) is 6.07 Å². The van der Waals surface area contributed by atoms with Gasteiger partial charge in [0.25, 0.3) is 0 Å². The van der Waals surface area contributed by atoms with Crippen molar-refractivity contribution in [1.29, 1.82) is 0 Å². The van der Waals surface area contributed by atoms with E-state index in [1.807, 2.05) is 0 Å². The van der Waals surface area contributed by atoms with E-state index in [1.165, 1.54) is 18.2 Å². The van der Waals surface area contributed by atoms with Crippen LogP contribution < -0.4 is 15.8 Å². The lowest BCUT2D eigenvalue weighted by atomic mass is 10.2. The predicted molar refractivity (Wildman–Crippen MR) is 89.5 cm³/mol. The quantitative estimate of drug-likeness (QED) is 0.599. The topological polar surface area (TPSA) is 133 Å². The molecule has 1 fully saturated rings. The molecule has 2 atom stereocenters. The Morgan fingerprint density at radius 3 is 2.52 bits per heavy atom. The van der Waals surface area contributed by atoms with Crippen LogP contribution in [-0.2, 0) is 30.0 Å². The average Bonchev–Trinajstić information content (AvgIpc) is 2.92. The van der Waals surface area contributed by atoms with Gasteiger partial charge in [-0.1, -0.05) is 18.2 Å². The number of benzene rings is 1. The number of primary amides is 1. The lowest BCUT2D eigenvalue weighted by Crippen LogP contribution is -2.52. The molecule has 3 N–H and O–H groups in total. The Labute approximate surface area is 154 Å². The summed E-state index contributed by atoms with van der Waals surface area (Å²) in [6, 6.07) is 4.22. The maximum Gasteiger partial charge on any atom is 0.387 e. The van der Waals surface area contributed by atoms with Crippen molar-refractivity contribution in [2.24, 2.45) is 5.73 Å². The predicted octanol–water partition coefficient (Wildman–Crippen LogP) is 0.294. The van der Waals surface area contributed by atoms with E-state index in [9.17, 15) is 31.6 Å². The number of halogens is 2. The van der Waals surface area contributed by atoms with Gasteiger partial charge in [-0.05, 0) is 18.9 Å². The van der Waals surface area contributed by atoms with E-state index in [2.05, 4.69) is 10.1 Å². The van der Waals surface area contributed by atoms with E-state index in [1.54, 1.807) is 0 Å². The summed E-state index contributed by atoms with van der Waals surface area (Å²) in [5.41, 5.74) is 4.93. The fourth-order valence-corrected chi connectivity index (χ4v) is 4.41. The van der Waals surface area contributed by atoms with E-state index >= 15 is 0 Å². The number of nitrogens with two attached hydrogens (primary N) is 1. The van der Waals surface area contributed by atoms with Crippen LogP contribution in [0.4, 0.5) is 8.78 Å². The lowest BCUT2D eigenvalue weighted by Gasteiger charge is -2.18. The lowest BCUT2D eigenvalue weighted by molar-refractivity contribution is -0.130. The van der Waals surface area contributed by atoms with Gasteiger partial charge in [0.05, 0.1) is 11.8 Å². The minimum Gasteiger partial charge on any atom is -0.435 e. The summed E-state index contributed by atoms with van der Waals surface area (Å²) < 4.78 is 54.4. The van der Waals surface area contributed by atoms with E-state index in [-0.39, 0.29) is 17.8 Å². The summed E-state index contributed by atoms with van der Waals surface area (Å²) in [4.78, 5) is 35.6. The molecule has 148 valence electrons. The molecule has 0 aromatic heterocycles. The minimum atomic E-state index is -4.51. The van der Waals surface area contributed by atoms with Crippen LogP contribution in [0.3, 0.4) is 0 Å². The van der Waals surface area contributed by atoms with Gasteiger partial charge in [-0.25, -0.2) is 8.42 Å². The number of alkyl halides is 2. The first-order valence-electron chi connectivity index (χ1n) is 7.98. The number of nitrogens with one attached hydrogen (secondary N) is 1. The fraction of sp³-hybridized carbons (Fsp3) is 0.438. The summed E-state index contributed by atoms with van der Waals surface area (Å²) in [6.45, 7) is -3.18. The molecule has 1 aliphatic carbocycles. The van der Waals surface area contributed by atoms with Gasteiger partial charge in [0.2, 0.25) is 17.1 Å². The molecule has 1 aromatic rings. The first-order valence-corrected chi connectivity index (χ1v) is 9.70. The zero-order valence-corrected chi connectivity index (χ0v) is 14.9. The van der Waals surface area contributed by atoms with Crippen molar-refractivity contribution in [3.05, 3.63) is 29.8 Å². The first-order chi connectivity index (χ1) is 12.6. The maximum absolute atomic E-state index is 12.6. The molecule has 0 heterocycles. The number of hydrogen-bond donors (Lipinski definition) is 2. The number of Topliss-reactive ketones (excluding diaryl/α,β-unsaturated/α-hetero) is 1. The van der Waals surface area contributed by atoms with Gasteiger partial charge in [-0.15, -0.1) is 0 Å². The number of hydrogen-bond acceptors (Lipinski definition) is 6. The van der Waals surface area contributed by atoms with Gasteiger partial charge in [-0.3, -0.25) is 14.4 Å². The van der Waals surface area contributed by atoms with Crippen LogP contribution >= 0.6 is 0 Å².